The molecule has 21 heavy (non-hydrogen) atoms. The van der Waals surface area contributed by atoms with Crippen LogP contribution in [-0.4, -0.2) is 23.0 Å². The van der Waals surface area contributed by atoms with Gasteiger partial charge in [-0.15, -0.1) is 35.3 Å². The van der Waals surface area contributed by atoms with Crippen LogP contribution in [0.5, 0.6) is 0 Å². The predicted octanol–water partition coefficient (Wildman–Crippen LogP) is 2.54. The first-order valence-corrected chi connectivity index (χ1v) is 7.24. The Hall–Kier alpha value is -1.16. The van der Waals surface area contributed by atoms with Crippen molar-refractivity contribution in [1.29, 1.82) is 0 Å². The lowest BCUT2D eigenvalue weighted by molar-refractivity contribution is 0.463. The van der Waals surface area contributed by atoms with E-state index in [0.717, 1.165) is 17.1 Å². The second-order valence-electron chi connectivity index (χ2n) is 4.39. The van der Waals surface area contributed by atoms with E-state index in [1.807, 2.05) is 26.3 Å². The van der Waals surface area contributed by atoms with Crippen LogP contribution >= 0.6 is 35.3 Å². The number of nitrogens with zero attached hydrogens (tertiary/aromatic N) is 3. The van der Waals surface area contributed by atoms with Crippen LogP contribution in [0.25, 0.3) is 0 Å². The fourth-order valence-electron chi connectivity index (χ4n) is 1.65. The molecule has 0 amide bonds. The van der Waals surface area contributed by atoms with Crippen molar-refractivity contribution >= 4 is 41.3 Å². The lowest BCUT2D eigenvalue weighted by atomic mass is 10.4. The average molecular weight is 421 g/mol. The molecule has 2 rings (SSSR count). The number of halogens is 1. The molecule has 0 fully saturated rings. The first-order chi connectivity index (χ1) is 9.60. The molecule has 0 atom stereocenters. The molecule has 0 saturated carbocycles. The van der Waals surface area contributed by atoms with Crippen molar-refractivity contribution in [3.05, 3.63) is 33.4 Å². The number of rotatable bonds is 4. The van der Waals surface area contributed by atoms with E-state index in [2.05, 4.69) is 25.6 Å². The quantitative estimate of drug-likeness (QED) is 0.451. The van der Waals surface area contributed by atoms with Gasteiger partial charge in [-0.05, 0) is 20.8 Å². The van der Waals surface area contributed by atoms with E-state index in [1.165, 1.54) is 4.88 Å². The molecule has 6 nitrogen and oxygen atoms in total. The van der Waals surface area contributed by atoms with Crippen LogP contribution in [0.15, 0.2) is 14.9 Å². The van der Waals surface area contributed by atoms with Gasteiger partial charge in [-0.25, -0.2) is 9.97 Å². The number of aromatic nitrogens is 2. The van der Waals surface area contributed by atoms with E-state index in [9.17, 15) is 0 Å². The van der Waals surface area contributed by atoms with E-state index in [0.29, 0.717) is 24.9 Å². The molecule has 0 aromatic carbocycles. The minimum Gasteiger partial charge on any atom is -0.444 e. The summed E-state index contributed by atoms with van der Waals surface area (Å²) in [5.41, 5.74) is 3.82. The number of hydrogen-bond acceptors (Lipinski definition) is 5. The largest absolute Gasteiger partial charge is 0.444 e. The summed E-state index contributed by atoms with van der Waals surface area (Å²) in [4.78, 5) is 13.9. The van der Waals surface area contributed by atoms with Crippen LogP contribution in [0.3, 0.4) is 0 Å². The monoisotopic (exact) mass is 421 g/mol. The van der Waals surface area contributed by atoms with E-state index in [-0.39, 0.29) is 24.0 Å². The summed E-state index contributed by atoms with van der Waals surface area (Å²) in [7, 11) is 1.74. The van der Waals surface area contributed by atoms with Gasteiger partial charge >= 0.3 is 0 Å². The average Bonchev–Trinajstić information content (AvgIpc) is 2.97. The highest BCUT2D eigenvalue weighted by atomic mass is 127. The maximum atomic E-state index is 5.51. The Morgan fingerprint density at radius 3 is 2.48 bits per heavy atom. The van der Waals surface area contributed by atoms with Gasteiger partial charge in [0.15, 0.2) is 5.96 Å². The van der Waals surface area contributed by atoms with Crippen LogP contribution < -0.4 is 10.6 Å². The van der Waals surface area contributed by atoms with Gasteiger partial charge in [0.1, 0.15) is 5.76 Å². The maximum Gasteiger partial charge on any atom is 0.214 e. The smallest absolute Gasteiger partial charge is 0.214 e. The third-order valence-electron chi connectivity index (χ3n) is 2.96. The fourth-order valence-corrected chi connectivity index (χ4v) is 2.37. The Morgan fingerprint density at radius 1 is 1.24 bits per heavy atom. The number of oxazole rings is 1. The van der Waals surface area contributed by atoms with Gasteiger partial charge in [0, 0.05) is 11.9 Å². The van der Waals surface area contributed by atoms with Crippen molar-refractivity contribution in [2.24, 2.45) is 4.99 Å². The lowest BCUT2D eigenvalue weighted by Crippen LogP contribution is -2.36. The normalized spacial score (nSPS) is 11.1. The highest BCUT2D eigenvalue weighted by Crippen LogP contribution is 2.11. The van der Waals surface area contributed by atoms with Crippen LogP contribution in [0.1, 0.15) is 27.9 Å². The zero-order chi connectivity index (χ0) is 14.5. The summed E-state index contributed by atoms with van der Waals surface area (Å²) in [6.07, 6.45) is 0. The van der Waals surface area contributed by atoms with Crippen molar-refractivity contribution in [3.63, 3.8) is 0 Å². The van der Waals surface area contributed by atoms with Gasteiger partial charge in [0.2, 0.25) is 5.89 Å². The van der Waals surface area contributed by atoms with E-state index < -0.39 is 0 Å². The van der Waals surface area contributed by atoms with Crippen LogP contribution in [0.2, 0.25) is 0 Å². The van der Waals surface area contributed by atoms with Gasteiger partial charge in [0.25, 0.3) is 0 Å². The first kappa shape index (κ1) is 17.9. The summed E-state index contributed by atoms with van der Waals surface area (Å²) < 4.78 is 5.51. The number of aliphatic imine (C=N–C) groups is 1. The molecule has 116 valence electrons. The highest BCUT2D eigenvalue weighted by Gasteiger charge is 2.07. The molecular weight excluding hydrogens is 401 g/mol. The third-order valence-corrected chi connectivity index (χ3v) is 3.90. The summed E-state index contributed by atoms with van der Waals surface area (Å²) >= 11 is 1.63. The van der Waals surface area contributed by atoms with Gasteiger partial charge in [-0.3, -0.25) is 4.99 Å². The number of hydrogen-bond donors (Lipinski definition) is 2. The van der Waals surface area contributed by atoms with Crippen LogP contribution in [0, 0.1) is 20.8 Å². The fraction of sp³-hybridized carbons (Fsp3) is 0.462. The van der Waals surface area contributed by atoms with E-state index in [1.54, 1.807) is 18.4 Å². The Kier molecular flexibility index (Phi) is 7.09. The Labute approximate surface area is 145 Å². The zero-order valence-corrected chi connectivity index (χ0v) is 15.7. The van der Waals surface area contributed by atoms with E-state index >= 15 is 0 Å². The molecule has 2 N–H and O–H groups in total. The minimum atomic E-state index is 0. The molecule has 0 radical (unpaired) electrons. The van der Waals surface area contributed by atoms with Gasteiger partial charge < -0.3 is 15.1 Å². The first-order valence-electron chi connectivity index (χ1n) is 6.36. The zero-order valence-electron chi connectivity index (χ0n) is 12.6. The van der Waals surface area contributed by atoms with Crippen molar-refractivity contribution in [3.8, 4) is 0 Å². The number of thiazole rings is 1. The number of aryl methyl sites for hydroxylation is 3. The maximum absolute atomic E-state index is 5.51. The molecule has 2 heterocycles. The third kappa shape index (κ3) is 4.95. The van der Waals surface area contributed by atoms with Gasteiger partial charge in [-0.1, -0.05) is 0 Å². The summed E-state index contributed by atoms with van der Waals surface area (Å²) in [5, 5.41) is 6.42. The second-order valence-corrected chi connectivity index (χ2v) is 5.33. The SMILES string of the molecule is CN=C(NCc1nc(C)c(C)o1)NCc1scnc1C.I. The van der Waals surface area contributed by atoms with Crippen LogP contribution in [0.4, 0.5) is 0 Å². The van der Waals surface area contributed by atoms with Crippen LogP contribution in [-0.2, 0) is 13.1 Å². The Balaban J connectivity index is 0.00000220. The number of nitrogens with one attached hydrogen (secondary N) is 2. The van der Waals surface area contributed by atoms with Gasteiger partial charge in [0.05, 0.1) is 30.0 Å². The van der Waals surface area contributed by atoms with Gasteiger partial charge in [-0.2, -0.15) is 0 Å². The molecule has 0 aliphatic carbocycles. The second kappa shape index (κ2) is 8.32. The molecule has 0 aliphatic heterocycles. The molecule has 2 aromatic heterocycles. The highest BCUT2D eigenvalue weighted by molar-refractivity contribution is 14.0. The molecule has 0 spiro atoms. The topological polar surface area (TPSA) is 75.3 Å². The van der Waals surface area contributed by atoms with Crippen molar-refractivity contribution in [2.75, 3.05) is 7.05 Å². The summed E-state index contributed by atoms with van der Waals surface area (Å²) in [5.74, 6) is 2.23. The Bertz CT molecular complexity index is 588. The lowest BCUT2D eigenvalue weighted by Gasteiger charge is -2.09. The molecule has 0 unspecified atom stereocenters. The summed E-state index contributed by atoms with van der Waals surface area (Å²) in [6, 6.07) is 0. The molecule has 0 aliphatic rings. The standard InChI is InChI=1S/C13H19N5OS.HI/c1-8-10(3)19-12(18-8)6-16-13(14-4)15-5-11-9(2)17-7-20-11;/h7H,5-6H2,1-4H3,(H2,14,15,16);1H. The molecule has 8 heteroatoms. The van der Waals surface area contributed by atoms with Crippen molar-refractivity contribution < 1.29 is 4.42 Å². The summed E-state index contributed by atoms with van der Waals surface area (Å²) in [6.45, 7) is 7.06. The molecular formula is C13H20IN5OS. The van der Waals surface area contributed by atoms with Crippen molar-refractivity contribution in [1.82, 2.24) is 20.6 Å². The molecule has 0 bridgehead atoms. The molecule has 0 saturated heterocycles. The molecule has 2 aromatic rings. The predicted molar refractivity (Wildman–Crippen MR) is 95.3 cm³/mol. The van der Waals surface area contributed by atoms with Crippen molar-refractivity contribution in [2.45, 2.75) is 33.9 Å². The minimum absolute atomic E-state index is 0. The number of guanidine groups is 1. The Morgan fingerprint density at radius 2 is 1.95 bits per heavy atom. The van der Waals surface area contributed by atoms with E-state index in [4.69, 9.17) is 4.42 Å².